The normalized spacial score (nSPS) is 10.7. The van der Waals surface area contributed by atoms with Crippen molar-refractivity contribution in [2.24, 2.45) is 0 Å². The second-order valence-electron chi connectivity index (χ2n) is 3.39. The van der Waals surface area contributed by atoms with Gasteiger partial charge in [0, 0.05) is 29.8 Å². The Bertz CT molecular complexity index is 415. The van der Waals surface area contributed by atoms with E-state index < -0.39 is 5.97 Å². The second kappa shape index (κ2) is 5.70. The Labute approximate surface area is 104 Å². The van der Waals surface area contributed by atoms with Crippen LogP contribution in [0.1, 0.15) is 12.5 Å². The van der Waals surface area contributed by atoms with Crippen molar-refractivity contribution in [2.45, 2.75) is 6.92 Å². The lowest BCUT2D eigenvalue weighted by Crippen LogP contribution is -2.16. The number of carboxylic acids is 1. The van der Waals surface area contributed by atoms with Crippen molar-refractivity contribution in [1.29, 1.82) is 0 Å². The molecule has 1 rings (SSSR count). The first-order chi connectivity index (χ1) is 7.54. The third-order valence-corrected chi connectivity index (χ3v) is 2.78. The monoisotopic (exact) mass is 283 g/mol. The van der Waals surface area contributed by atoms with Crippen LogP contribution < -0.4 is 4.90 Å². The van der Waals surface area contributed by atoms with Gasteiger partial charge in [-0.1, -0.05) is 22.0 Å². The number of benzene rings is 1. The van der Waals surface area contributed by atoms with Gasteiger partial charge in [0.15, 0.2) is 0 Å². The molecule has 86 valence electrons. The molecule has 0 heterocycles. The van der Waals surface area contributed by atoms with E-state index in [9.17, 15) is 4.79 Å². The van der Waals surface area contributed by atoms with Crippen molar-refractivity contribution in [3.63, 3.8) is 0 Å². The van der Waals surface area contributed by atoms with Crippen LogP contribution in [0.2, 0.25) is 0 Å². The van der Waals surface area contributed by atoms with E-state index in [1.54, 1.807) is 6.08 Å². The summed E-state index contributed by atoms with van der Waals surface area (Å²) in [6.07, 6.45) is 2.76. The topological polar surface area (TPSA) is 40.5 Å². The van der Waals surface area contributed by atoms with Crippen LogP contribution in [-0.4, -0.2) is 24.7 Å². The predicted octanol–water partition coefficient (Wildman–Crippen LogP) is 3.00. The van der Waals surface area contributed by atoms with Crippen molar-refractivity contribution in [1.82, 2.24) is 0 Å². The molecule has 0 aliphatic rings. The number of aliphatic carboxylic acids is 1. The number of hydrogen-bond donors (Lipinski definition) is 1. The number of nitrogens with zero attached hydrogens (tertiary/aromatic N) is 1. The van der Waals surface area contributed by atoms with E-state index in [0.29, 0.717) is 0 Å². The number of carbonyl (C=O) groups is 1. The van der Waals surface area contributed by atoms with Crippen molar-refractivity contribution < 1.29 is 9.90 Å². The fourth-order valence-corrected chi connectivity index (χ4v) is 1.67. The predicted molar refractivity (Wildman–Crippen MR) is 69.8 cm³/mol. The number of hydrogen-bond acceptors (Lipinski definition) is 2. The van der Waals surface area contributed by atoms with Gasteiger partial charge in [-0.15, -0.1) is 0 Å². The summed E-state index contributed by atoms with van der Waals surface area (Å²) in [4.78, 5) is 12.5. The molecule has 0 amide bonds. The van der Waals surface area contributed by atoms with E-state index in [4.69, 9.17) is 5.11 Å². The SMILES string of the molecule is CCN(C)c1cc(Br)ccc1/C=C/C(=O)O. The van der Waals surface area contributed by atoms with Crippen LogP contribution >= 0.6 is 15.9 Å². The lowest BCUT2D eigenvalue weighted by atomic mass is 10.1. The summed E-state index contributed by atoms with van der Waals surface area (Å²) in [6.45, 7) is 2.91. The van der Waals surface area contributed by atoms with Gasteiger partial charge in [0.2, 0.25) is 0 Å². The molecule has 0 radical (unpaired) electrons. The van der Waals surface area contributed by atoms with E-state index >= 15 is 0 Å². The third kappa shape index (κ3) is 3.38. The van der Waals surface area contributed by atoms with Crippen molar-refractivity contribution >= 4 is 33.7 Å². The Kier molecular flexibility index (Phi) is 4.55. The zero-order valence-electron chi connectivity index (χ0n) is 9.27. The highest BCUT2D eigenvalue weighted by atomic mass is 79.9. The van der Waals surface area contributed by atoms with Crippen LogP contribution in [0.3, 0.4) is 0 Å². The summed E-state index contributed by atoms with van der Waals surface area (Å²) in [6, 6.07) is 5.77. The maximum absolute atomic E-state index is 10.5. The summed E-state index contributed by atoms with van der Waals surface area (Å²) < 4.78 is 0.982. The molecule has 0 aromatic heterocycles. The molecule has 1 N–H and O–H groups in total. The zero-order chi connectivity index (χ0) is 12.1. The Morgan fingerprint density at radius 2 is 2.25 bits per heavy atom. The maximum atomic E-state index is 10.5. The minimum atomic E-state index is -0.937. The van der Waals surface area contributed by atoms with Gasteiger partial charge in [-0.25, -0.2) is 4.79 Å². The van der Waals surface area contributed by atoms with Crippen LogP contribution in [0, 0.1) is 0 Å². The van der Waals surface area contributed by atoms with Crippen LogP contribution in [0.25, 0.3) is 6.08 Å². The van der Waals surface area contributed by atoms with Gasteiger partial charge in [0.25, 0.3) is 0 Å². The number of rotatable bonds is 4. The number of halogens is 1. The van der Waals surface area contributed by atoms with Gasteiger partial charge in [0.05, 0.1) is 0 Å². The first kappa shape index (κ1) is 12.8. The molecule has 0 spiro atoms. The summed E-state index contributed by atoms with van der Waals surface area (Å²) >= 11 is 3.41. The van der Waals surface area contributed by atoms with E-state index in [1.807, 2.05) is 32.2 Å². The summed E-state index contributed by atoms with van der Waals surface area (Å²) in [5.41, 5.74) is 1.91. The van der Waals surface area contributed by atoms with Gasteiger partial charge in [-0.3, -0.25) is 0 Å². The molecule has 0 saturated carbocycles. The highest BCUT2D eigenvalue weighted by Crippen LogP contribution is 2.25. The molecule has 0 aliphatic heterocycles. The van der Waals surface area contributed by atoms with E-state index in [1.165, 1.54) is 0 Å². The Morgan fingerprint density at radius 1 is 1.56 bits per heavy atom. The summed E-state index contributed by atoms with van der Waals surface area (Å²) in [7, 11) is 1.97. The lowest BCUT2D eigenvalue weighted by Gasteiger charge is -2.19. The van der Waals surface area contributed by atoms with Crippen LogP contribution in [-0.2, 0) is 4.79 Å². The highest BCUT2D eigenvalue weighted by Gasteiger charge is 2.04. The van der Waals surface area contributed by atoms with Gasteiger partial charge in [-0.05, 0) is 30.7 Å². The first-order valence-electron chi connectivity index (χ1n) is 4.96. The number of carboxylic acid groups (broad SMARTS) is 1. The summed E-state index contributed by atoms with van der Waals surface area (Å²) in [5.74, 6) is -0.937. The molecular formula is C12H14BrNO2. The molecule has 0 unspecified atom stereocenters. The van der Waals surface area contributed by atoms with Crippen molar-refractivity contribution in [3.05, 3.63) is 34.3 Å². The molecule has 4 heteroatoms. The van der Waals surface area contributed by atoms with Gasteiger partial charge < -0.3 is 10.0 Å². The second-order valence-corrected chi connectivity index (χ2v) is 4.30. The Balaban J connectivity index is 3.12. The first-order valence-corrected chi connectivity index (χ1v) is 5.75. The third-order valence-electron chi connectivity index (χ3n) is 2.28. The molecule has 0 aliphatic carbocycles. The average molecular weight is 284 g/mol. The highest BCUT2D eigenvalue weighted by molar-refractivity contribution is 9.10. The minimum Gasteiger partial charge on any atom is -0.478 e. The minimum absolute atomic E-state index is 0.865. The molecule has 0 saturated heterocycles. The number of anilines is 1. The van der Waals surface area contributed by atoms with Crippen LogP contribution in [0.4, 0.5) is 5.69 Å². The van der Waals surface area contributed by atoms with Gasteiger partial charge in [-0.2, -0.15) is 0 Å². The zero-order valence-corrected chi connectivity index (χ0v) is 10.9. The average Bonchev–Trinajstić information content (AvgIpc) is 2.26. The Morgan fingerprint density at radius 3 is 2.81 bits per heavy atom. The van der Waals surface area contributed by atoms with Crippen molar-refractivity contribution in [3.8, 4) is 0 Å². The van der Waals surface area contributed by atoms with E-state index in [2.05, 4.69) is 20.8 Å². The van der Waals surface area contributed by atoms with Gasteiger partial charge in [0.1, 0.15) is 0 Å². The quantitative estimate of drug-likeness (QED) is 0.864. The molecule has 0 bridgehead atoms. The van der Waals surface area contributed by atoms with Crippen molar-refractivity contribution in [2.75, 3.05) is 18.5 Å². The molecule has 16 heavy (non-hydrogen) atoms. The molecular weight excluding hydrogens is 270 g/mol. The molecule has 3 nitrogen and oxygen atoms in total. The largest absolute Gasteiger partial charge is 0.478 e. The maximum Gasteiger partial charge on any atom is 0.328 e. The fraction of sp³-hybridized carbons (Fsp3) is 0.250. The molecule has 1 aromatic rings. The summed E-state index contributed by atoms with van der Waals surface area (Å²) in [5, 5.41) is 8.61. The molecule has 0 atom stereocenters. The fourth-order valence-electron chi connectivity index (χ4n) is 1.32. The molecule has 0 fully saturated rings. The Hall–Kier alpha value is -1.29. The van der Waals surface area contributed by atoms with E-state index in [-0.39, 0.29) is 0 Å². The van der Waals surface area contributed by atoms with Crippen LogP contribution in [0.5, 0.6) is 0 Å². The standard InChI is InChI=1S/C12H14BrNO2/c1-3-14(2)11-8-10(13)6-4-9(11)5-7-12(15)16/h4-8H,3H2,1-2H3,(H,15,16)/b7-5+. The van der Waals surface area contributed by atoms with Crippen LogP contribution in [0.15, 0.2) is 28.7 Å². The van der Waals surface area contributed by atoms with Gasteiger partial charge >= 0.3 is 5.97 Å². The molecule has 1 aromatic carbocycles. The van der Waals surface area contributed by atoms with E-state index in [0.717, 1.165) is 28.3 Å². The smallest absolute Gasteiger partial charge is 0.328 e. The lowest BCUT2D eigenvalue weighted by molar-refractivity contribution is -0.131.